The van der Waals surface area contributed by atoms with Gasteiger partial charge in [0.25, 0.3) is 0 Å². The number of fused-ring (bicyclic) bond motifs is 3. The van der Waals surface area contributed by atoms with Crippen LogP contribution < -0.4 is 5.43 Å². The monoisotopic (exact) mass is 306 g/mol. The number of nitrogens with one attached hydrogen (secondary N) is 1. The molecule has 0 aliphatic carbocycles. The summed E-state index contributed by atoms with van der Waals surface area (Å²) in [7, 11) is 0. The molecule has 2 aromatic heterocycles. The van der Waals surface area contributed by atoms with Gasteiger partial charge in [-0.1, -0.05) is 12.1 Å². The minimum absolute atomic E-state index is 0.0579. The van der Waals surface area contributed by atoms with E-state index in [0.717, 1.165) is 23.0 Å². The Bertz CT molecular complexity index is 1090. The Morgan fingerprint density at radius 1 is 1.13 bits per heavy atom. The van der Waals surface area contributed by atoms with E-state index >= 15 is 0 Å². The van der Waals surface area contributed by atoms with Gasteiger partial charge in [-0.2, -0.15) is 0 Å². The van der Waals surface area contributed by atoms with E-state index in [-0.39, 0.29) is 11.2 Å². The van der Waals surface area contributed by atoms with E-state index in [1.165, 1.54) is 12.1 Å². The summed E-state index contributed by atoms with van der Waals surface area (Å²) in [5.74, 6) is -0.320. The van der Waals surface area contributed by atoms with Gasteiger partial charge in [-0.15, -0.1) is 0 Å². The standard InChI is InChI=1S/C19H15FN2O/c1-2-22-9-8-14-17(22)7-6-15-19(14)18(23)11-16(21-15)12-4-3-5-13(20)10-12/h3-11H,2H2,1H3,(H,21,23). The third-order valence-electron chi connectivity index (χ3n) is 4.22. The van der Waals surface area contributed by atoms with Gasteiger partial charge in [-0.25, -0.2) is 4.39 Å². The molecular weight excluding hydrogens is 291 g/mol. The highest BCUT2D eigenvalue weighted by molar-refractivity contribution is 6.05. The Morgan fingerprint density at radius 3 is 2.78 bits per heavy atom. The fourth-order valence-corrected chi connectivity index (χ4v) is 3.11. The first-order valence-electron chi connectivity index (χ1n) is 7.58. The fraction of sp³-hybridized carbons (Fsp3) is 0.105. The molecular formula is C19H15FN2O. The smallest absolute Gasteiger partial charge is 0.190 e. The van der Waals surface area contributed by atoms with E-state index in [9.17, 15) is 9.18 Å². The van der Waals surface area contributed by atoms with Crippen LogP contribution in [0.4, 0.5) is 4.39 Å². The van der Waals surface area contributed by atoms with E-state index in [4.69, 9.17) is 0 Å². The maximum absolute atomic E-state index is 13.4. The van der Waals surface area contributed by atoms with Crippen molar-refractivity contribution in [3.63, 3.8) is 0 Å². The Balaban J connectivity index is 2.02. The van der Waals surface area contributed by atoms with E-state index < -0.39 is 0 Å². The van der Waals surface area contributed by atoms with Crippen molar-refractivity contribution in [3.8, 4) is 11.3 Å². The van der Waals surface area contributed by atoms with Crippen LogP contribution >= 0.6 is 0 Å². The summed E-state index contributed by atoms with van der Waals surface area (Å²) < 4.78 is 15.5. The van der Waals surface area contributed by atoms with Crippen LogP contribution in [0.2, 0.25) is 0 Å². The first kappa shape index (κ1) is 13.8. The van der Waals surface area contributed by atoms with Gasteiger partial charge in [-0.05, 0) is 37.3 Å². The average molecular weight is 306 g/mol. The molecule has 0 bridgehead atoms. The molecule has 0 radical (unpaired) electrons. The summed E-state index contributed by atoms with van der Waals surface area (Å²) in [6, 6.07) is 13.7. The number of H-pyrrole nitrogens is 1. The SMILES string of the molecule is CCn1ccc2c3c(=O)cc(-c4cccc(F)c4)[nH]c3ccc21. The molecule has 0 fully saturated rings. The van der Waals surface area contributed by atoms with Crippen molar-refractivity contribution in [1.82, 2.24) is 9.55 Å². The first-order valence-corrected chi connectivity index (χ1v) is 7.58. The summed E-state index contributed by atoms with van der Waals surface area (Å²) in [5.41, 5.74) is 3.03. The Kier molecular flexibility index (Phi) is 3.05. The van der Waals surface area contributed by atoms with Crippen LogP contribution in [-0.2, 0) is 6.54 Å². The number of aryl methyl sites for hydroxylation is 1. The summed E-state index contributed by atoms with van der Waals surface area (Å²) in [4.78, 5) is 15.9. The van der Waals surface area contributed by atoms with Crippen molar-refractivity contribution in [2.45, 2.75) is 13.5 Å². The van der Waals surface area contributed by atoms with Crippen molar-refractivity contribution in [3.05, 3.63) is 70.8 Å². The van der Waals surface area contributed by atoms with Crippen LogP contribution in [0.3, 0.4) is 0 Å². The van der Waals surface area contributed by atoms with E-state index in [2.05, 4.69) is 16.5 Å². The van der Waals surface area contributed by atoms with Gasteiger partial charge in [-0.3, -0.25) is 4.79 Å². The van der Waals surface area contributed by atoms with Gasteiger partial charge in [0.05, 0.1) is 10.9 Å². The van der Waals surface area contributed by atoms with Gasteiger partial charge >= 0.3 is 0 Å². The molecule has 1 N–H and O–H groups in total. The number of halogens is 1. The molecule has 0 unspecified atom stereocenters. The normalized spacial score (nSPS) is 11.4. The minimum Gasteiger partial charge on any atom is -0.354 e. The number of nitrogens with zero attached hydrogens (tertiary/aromatic N) is 1. The molecule has 4 heteroatoms. The molecule has 114 valence electrons. The summed E-state index contributed by atoms with van der Waals surface area (Å²) in [5, 5.41) is 1.62. The number of pyridine rings is 1. The fourth-order valence-electron chi connectivity index (χ4n) is 3.11. The summed E-state index contributed by atoms with van der Waals surface area (Å²) in [6.45, 7) is 2.93. The molecule has 23 heavy (non-hydrogen) atoms. The van der Waals surface area contributed by atoms with Gasteiger partial charge < -0.3 is 9.55 Å². The second-order valence-electron chi connectivity index (χ2n) is 5.58. The predicted octanol–water partition coefficient (Wildman–Crippen LogP) is 4.31. The maximum Gasteiger partial charge on any atom is 0.190 e. The lowest BCUT2D eigenvalue weighted by atomic mass is 10.1. The van der Waals surface area contributed by atoms with Gasteiger partial charge in [0.2, 0.25) is 0 Å². The van der Waals surface area contributed by atoms with Gasteiger partial charge in [0.1, 0.15) is 5.82 Å². The number of benzene rings is 2. The molecule has 3 nitrogen and oxygen atoms in total. The van der Waals surface area contributed by atoms with Crippen LogP contribution in [0.5, 0.6) is 0 Å². The van der Waals surface area contributed by atoms with Crippen molar-refractivity contribution in [2.24, 2.45) is 0 Å². The van der Waals surface area contributed by atoms with E-state index in [1.54, 1.807) is 18.2 Å². The third-order valence-corrected chi connectivity index (χ3v) is 4.22. The van der Waals surface area contributed by atoms with E-state index in [1.807, 2.05) is 24.4 Å². The van der Waals surface area contributed by atoms with Crippen LogP contribution in [0.15, 0.2) is 59.5 Å². The first-order chi connectivity index (χ1) is 11.2. The zero-order valence-electron chi connectivity index (χ0n) is 12.6. The number of aromatic amines is 1. The number of rotatable bonds is 2. The van der Waals surface area contributed by atoms with Crippen LogP contribution in [-0.4, -0.2) is 9.55 Å². The van der Waals surface area contributed by atoms with Gasteiger partial charge in [0, 0.05) is 41.0 Å². The van der Waals surface area contributed by atoms with E-state index in [0.29, 0.717) is 16.6 Å². The predicted molar refractivity (Wildman–Crippen MR) is 91.1 cm³/mol. The van der Waals surface area contributed by atoms with Crippen LogP contribution in [0.25, 0.3) is 33.1 Å². The molecule has 0 spiro atoms. The highest BCUT2D eigenvalue weighted by Crippen LogP contribution is 2.25. The molecule has 0 saturated heterocycles. The number of hydrogen-bond donors (Lipinski definition) is 1. The van der Waals surface area contributed by atoms with Crippen molar-refractivity contribution in [1.29, 1.82) is 0 Å². The third kappa shape index (κ3) is 2.14. The lowest BCUT2D eigenvalue weighted by molar-refractivity contribution is 0.628. The largest absolute Gasteiger partial charge is 0.354 e. The van der Waals surface area contributed by atoms with Crippen molar-refractivity contribution < 1.29 is 4.39 Å². The molecule has 0 atom stereocenters. The minimum atomic E-state index is -0.320. The molecule has 2 heterocycles. The quantitative estimate of drug-likeness (QED) is 0.589. The topological polar surface area (TPSA) is 37.8 Å². The molecule has 4 rings (SSSR count). The highest BCUT2D eigenvalue weighted by Gasteiger charge is 2.10. The zero-order chi connectivity index (χ0) is 16.0. The highest BCUT2D eigenvalue weighted by atomic mass is 19.1. The second kappa shape index (κ2) is 5.09. The Morgan fingerprint density at radius 2 is 2.00 bits per heavy atom. The molecule has 0 saturated carbocycles. The zero-order valence-corrected chi connectivity index (χ0v) is 12.6. The second-order valence-corrected chi connectivity index (χ2v) is 5.58. The van der Waals surface area contributed by atoms with Crippen LogP contribution in [0.1, 0.15) is 6.92 Å². The van der Waals surface area contributed by atoms with Gasteiger partial charge in [0.15, 0.2) is 5.43 Å². The summed E-state index contributed by atoms with van der Waals surface area (Å²) >= 11 is 0. The molecule has 4 aromatic rings. The molecule has 2 aromatic carbocycles. The molecule has 0 amide bonds. The Hall–Kier alpha value is -2.88. The lowest BCUT2D eigenvalue weighted by Crippen LogP contribution is -2.04. The molecule has 0 aliphatic heterocycles. The lowest BCUT2D eigenvalue weighted by Gasteiger charge is -2.07. The number of hydrogen-bond acceptors (Lipinski definition) is 1. The maximum atomic E-state index is 13.4. The van der Waals surface area contributed by atoms with Crippen LogP contribution in [0, 0.1) is 5.82 Å². The molecule has 0 aliphatic rings. The summed E-state index contributed by atoms with van der Waals surface area (Å²) in [6.07, 6.45) is 1.99. The van der Waals surface area contributed by atoms with Crippen molar-refractivity contribution >= 4 is 21.8 Å². The Labute approximate surface area is 132 Å². The van der Waals surface area contributed by atoms with Crippen molar-refractivity contribution in [2.75, 3.05) is 0 Å². The average Bonchev–Trinajstić information content (AvgIpc) is 2.97. The number of aromatic nitrogens is 2.